The topological polar surface area (TPSA) is 67.0 Å². The zero-order valence-corrected chi connectivity index (χ0v) is 10.7. The summed E-state index contributed by atoms with van der Waals surface area (Å²) in [5, 5.41) is 9.56. The third-order valence-corrected chi connectivity index (χ3v) is 3.32. The van der Waals surface area contributed by atoms with Crippen molar-refractivity contribution in [1.82, 2.24) is 15.5 Å². The van der Waals surface area contributed by atoms with Gasteiger partial charge in [-0.1, -0.05) is 0 Å². The first-order chi connectivity index (χ1) is 8.84. The maximum absolute atomic E-state index is 11.6. The standard InChI is InChI=1S/C13H21N3O2/c17-13(4-3-12-8-15-16-9-12)14-6-5-11-2-1-7-18-10-11/h8-9,11H,1-7,10H2,(H,14,17)(H,15,16). The normalized spacial score (nSPS) is 19.7. The molecule has 0 aromatic carbocycles. The second kappa shape index (κ2) is 7.16. The summed E-state index contributed by atoms with van der Waals surface area (Å²) < 4.78 is 5.41. The van der Waals surface area contributed by atoms with Crippen molar-refractivity contribution in [1.29, 1.82) is 0 Å². The van der Waals surface area contributed by atoms with E-state index in [0.29, 0.717) is 12.3 Å². The SMILES string of the molecule is O=C(CCc1cn[nH]c1)NCCC1CCCOC1. The Balaban J connectivity index is 1.54. The van der Waals surface area contributed by atoms with Crippen LogP contribution < -0.4 is 5.32 Å². The lowest BCUT2D eigenvalue weighted by Crippen LogP contribution is -2.28. The molecule has 1 aromatic rings. The summed E-state index contributed by atoms with van der Waals surface area (Å²) in [5.41, 5.74) is 1.07. The number of hydrogen-bond donors (Lipinski definition) is 2. The first kappa shape index (κ1) is 13.1. The van der Waals surface area contributed by atoms with Gasteiger partial charge < -0.3 is 10.1 Å². The Morgan fingerprint density at radius 3 is 3.28 bits per heavy atom. The summed E-state index contributed by atoms with van der Waals surface area (Å²) in [4.78, 5) is 11.6. The Bertz CT molecular complexity index is 345. The fourth-order valence-corrected chi connectivity index (χ4v) is 2.21. The van der Waals surface area contributed by atoms with E-state index in [9.17, 15) is 4.79 Å². The third-order valence-electron chi connectivity index (χ3n) is 3.32. The molecule has 100 valence electrons. The highest BCUT2D eigenvalue weighted by Gasteiger charge is 2.13. The van der Waals surface area contributed by atoms with Crippen LogP contribution in [0.4, 0.5) is 0 Å². The van der Waals surface area contributed by atoms with Crippen LogP contribution in [0.1, 0.15) is 31.2 Å². The van der Waals surface area contributed by atoms with Gasteiger partial charge in [0.15, 0.2) is 0 Å². The summed E-state index contributed by atoms with van der Waals surface area (Å²) in [6, 6.07) is 0. The molecule has 2 rings (SSSR count). The highest BCUT2D eigenvalue weighted by molar-refractivity contribution is 5.76. The molecular formula is C13H21N3O2. The van der Waals surface area contributed by atoms with Crippen molar-refractivity contribution in [2.45, 2.75) is 32.1 Å². The van der Waals surface area contributed by atoms with Crippen LogP contribution in [0.2, 0.25) is 0 Å². The van der Waals surface area contributed by atoms with Crippen molar-refractivity contribution in [2.75, 3.05) is 19.8 Å². The van der Waals surface area contributed by atoms with Crippen LogP contribution >= 0.6 is 0 Å². The lowest BCUT2D eigenvalue weighted by atomic mass is 9.99. The summed E-state index contributed by atoms with van der Waals surface area (Å²) in [6.07, 6.45) is 8.26. The smallest absolute Gasteiger partial charge is 0.220 e. The number of carbonyl (C=O) groups is 1. The summed E-state index contributed by atoms with van der Waals surface area (Å²) in [7, 11) is 0. The highest BCUT2D eigenvalue weighted by Crippen LogP contribution is 2.16. The number of ether oxygens (including phenoxy) is 1. The van der Waals surface area contributed by atoms with E-state index >= 15 is 0 Å². The first-order valence-corrected chi connectivity index (χ1v) is 6.66. The maximum Gasteiger partial charge on any atom is 0.220 e. The van der Waals surface area contributed by atoms with Gasteiger partial charge in [-0.15, -0.1) is 0 Å². The number of nitrogens with one attached hydrogen (secondary N) is 2. The fourth-order valence-electron chi connectivity index (χ4n) is 2.21. The van der Waals surface area contributed by atoms with E-state index in [2.05, 4.69) is 15.5 Å². The molecule has 1 amide bonds. The van der Waals surface area contributed by atoms with Gasteiger partial charge in [0, 0.05) is 32.4 Å². The van der Waals surface area contributed by atoms with Crippen molar-refractivity contribution in [3.63, 3.8) is 0 Å². The van der Waals surface area contributed by atoms with E-state index in [-0.39, 0.29) is 5.91 Å². The molecule has 5 heteroatoms. The van der Waals surface area contributed by atoms with E-state index in [1.165, 1.54) is 6.42 Å². The Hall–Kier alpha value is -1.36. The second-order valence-corrected chi connectivity index (χ2v) is 4.83. The summed E-state index contributed by atoms with van der Waals surface area (Å²) in [6.45, 7) is 2.51. The minimum Gasteiger partial charge on any atom is -0.381 e. The molecule has 0 bridgehead atoms. The van der Waals surface area contributed by atoms with Gasteiger partial charge in [0.1, 0.15) is 0 Å². The minimum atomic E-state index is 0.118. The van der Waals surface area contributed by atoms with Crippen molar-refractivity contribution in [3.8, 4) is 0 Å². The zero-order valence-electron chi connectivity index (χ0n) is 10.7. The van der Waals surface area contributed by atoms with Gasteiger partial charge in [0.05, 0.1) is 6.20 Å². The number of aromatic amines is 1. The fraction of sp³-hybridized carbons (Fsp3) is 0.692. The number of H-pyrrole nitrogens is 1. The van der Waals surface area contributed by atoms with Crippen molar-refractivity contribution in [3.05, 3.63) is 18.0 Å². The molecule has 1 aliphatic rings. The molecule has 0 spiro atoms. The number of aryl methyl sites for hydroxylation is 1. The van der Waals surface area contributed by atoms with Gasteiger partial charge in [-0.05, 0) is 37.2 Å². The Morgan fingerprint density at radius 2 is 2.56 bits per heavy atom. The van der Waals surface area contributed by atoms with Crippen molar-refractivity contribution < 1.29 is 9.53 Å². The number of rotatable bonds is 6. The molecule has 2 heterocycles. The number of hydrogen-bond acceptors (Lipinski definition) is 3. The van der Waals surface area contributed by atoms with Crippen LogP contribution in [0.25, 0.3) is 0 Å². The maximum atomic E-state index is 11.6. The van der Waals surface area contributed by atoms with Gasteiger partial charge in [-0.25, -0.2) is 0 Å². The predicted octanol–water partition coefficient (Wildman–Crippen LogP) is 1.28. The molecular weight excluding hydrogens is 230 g/mol. The molecule has 1 unspecified atom stereocenters. The average molecular weight is 251 g/mol. The van der Waals surface area contributed by atoms with E-state index in [1.54, 1.807) is 6.20 Å². The first-order valence-electron chi connectivity index (χ1n) is 6.66. The minimum absolute atomic E-state index is 0.118. The zero-order chi connectivity index (χ0) is 12.6. The molecule has 1 saturated heterocycles. The molecule has 0 saturated carbocycles. The van der Waals surface area contributed by atoms with Crippen LogP contribution in [0.5, 0.6) is 0 Å². The van der Waals surface area contributed by atoms with Gasteiger partial charge in [0.25, 0.3) is 0 Å². The molecule has 1 aromatic heterocycles. The molecule has 0 aliphatic carbocycles. The van der Waals surface area contributed by atoms with E-state index in [0.717, 1.165) is 44.6 Å². The predicted molar refractivity (Wildman–Crippen MR) is 68.1 cm³/mol. The number of nitrogens with zero attached hydrogens (tertiary/aromatic N) is 1. The summed E-state index contributed by atoms with van der Waals surface area (Å²) in [5.74, 6) is 0.737. The molecule has 0 radical (unpaired) electrons. The molecule has 1 atom stereocenters. The van der Waals surface area contributed by atoms with Crippen LogP contribution in [0, 0.1) is 5.92 Å². The molecule has 1 fully saturated rings. The third kappa shape index (κ3) is 4.49. The highest BCUT2D eigenvalue weighted by atomic mass is 16.5. The van der Waals surface area contributed by atoms with Crippen molar-refractivity contribution >= 4 is 5.91 Å². The largest absolute Gasteiger partial charge is 0.381 e. The quantitative estimate of drug-likeness (QED) is 0.800. The average Bonchev–Trinajstić information content (AvgIpc) is 2.91. The monoisotopic (exact) mass is 251 g/mol. The number of amides is 1. The number of aromatic nitrogens is 2. The van der Waals surface area contributed by atoms with E-state index < -0.39 is 0 Å². The molecule has 18 heavy (non-hydrogen) atoms. The molecule has 1 aliphatic heterocycles. The van der Waals surface area contributed by atoms with Gasteiger partial charge in [-0.2, -0.15) is 5.10 Å². The van der Waals surface area contributed by atoms with Crippen molar-refractivity contribution in [2.24, 2.45) is 5.92 Å². The molecule has 2 N–H and O–H groups in total. The molecule has 5 nitrogen and oxygen atoms in total. The van der Waals surface area contributed by atoms with Crippen LogP contribution in [-0.4, -0.2) is 35.9 Å². The Kier molecular flexibility index (Phi) is 5.20. The summed E-state index contributed by atoms with van der Waals surface area (Å²) >= 11 is 0. The van der Waals surface area contributed by atoms with E-state index in [1.807, 2.05) is 6.20 Å². The lowest BCUT2D eigenvalue weighted by molar-refractivity contribution is -0.121. The van der Waals surface area contributed by atoms with Crippen LogP contribution in [-0.2, 0) is 16.0 Å². The van der Waals surface area contributed by atoms with Crippen LogP contribution in [0.3, 0.4) is 0 Å². The lowest BCUT2D eigenvalue weighted by Gasteiger charge is -2.21. The van der Waals surface area contributed by atoms with Gasteiger partial charge >= 0.3 is 0 Å². The van der Waals surface area contributed by atoms with Gasteiger partial charge in [0.2, 0.25) is 5.91 Å². The van der Waals surface area contributed by atoms with E-state index in [4.69, 9.17) is 4.74 Å². The second-order valence-electron chi connectivity index (χ2n) is 4.83. The van der Waals surface area contributed by atoms with Crippen LogP contribution in [0.15, 0.2) is 12.4 Å². The number of carbonyl (C=O) groups excluding carboxylic acids is 1. The van der Waals surface area contributed by atoms with Gasteiger partial charge in [-0.3, -0.25) is 9.89 Å². The Labute approximate surface area is 107 Å². The Morgan fingerprint density at radius 1 is 1.61 bits per heavy atom.